The average molecular weight is 249 g/mol. The Morgan fingerprint density at radius 2 is 1.78 bits per heavy atom. The maximum absolute atomic E-state index is 11.6. The van der Waals surface area contributed by atoms with Gasteiger partial charge in [0.15, 0.2) is 0 Å². The average Bonchev–Trinajstić information content (AvgIpc) is 2.29. The van der Waals surface area contributed by atoms with E-state index >= 15 is 0 Å². The van der Waals surface area contributed by atoms with Gasteiger partial charge in [0.2, 0.25) is 0 Å². The fourth-order valence-electron chi connectivity index (χ4n) is 1.61. The SMILES string of the molecule is CCCC(=O)CC(=O)Cc1ccc([N+](=O)[O-])cc1. The van der Waals surface area contributed by atoms with Gasteiger partial charge in [-0.1, -0.05) is 19.1 Å². The monoisotopic (exact) mass is 249 g/mol. The van der Waals surface area contributed by atoms with Crippen LogP contribution in [-0.4, -0.2) is 16.5 Å². The molecule has 1 rings (SSSR count). The first-order chi connectivity index (χ1) is 8.52. The van der Waals surface area contributed by atoms with Crippen molar-refractivity contribution in [1.82, 2.24) is 0 Å². The number of rotatable bonds is 7. The van der Waals surface area contributed by atoms with E-state index < -0.39 is 4.92 Å². The summed E-state index contributed by atoms with van der Waals surface area (Å²) in [5, 5.41) is 10.4. The largest absolute Gasteiger partial charge is 0.299 e. The first-order valence-corrected chi connectivity index (χ1v) is 5.79. The van der Waals surface area contributed by atoms with Gasteiger partial charge in [-0.15, -0.1) is 0 Å². The van der Waals surface area contributed by atoms with Crippen molar-refractivity contribution in [2.45, 2.75) is 32.6 Å². The first kappa shape index (κ1) is 14.0. The molecule has 0 aromatic heterocycles. The summed E-state index contributed by atoms with van der Waals surface area (Å²) < 4.78 is 0. The Kier molecular flexibility index (Phi) is 5.17. The smallest absolute Gasteiger partial charge is 0.269 e. The Labute approximate surface area is 105 Å². The topological polar surface area (TPSA) is 77.3 Å². The van der Waals surface area contributed by atoms with Crippen molar-refractivity contribution in [3.63, 3.8) is 0 Å². The number of hydrogen-bond donors (Lipinski definition) is 0. The number of ketones is 2. The van der Waals surface area contributed by atoms with Gasteiger partial charge >= 0.3 is 0 Å². The van der Waals surface area contributed by atoms with Crippen LogP contribution in [0.4, 0.5) is 5.69 Å². The lowest BCUT2D eigenvalue weighted by molar-refractivity contribution is -0.384. The van der Waals surface area contributed by atoms with Crippen LogP contribution >= 0.6 is 0 Å². The van der Waals surface area contributed by atoms with Gasteiger partial charge in [0.1, 0.15) is 11.6 Å². The summed E-state index contributed by atoms with van der Waals surface area (Å²) >= 11 is 0. The van der Waals surface area contributed by atoms with E-state index in [2.05, 4.69) is 0 Å². The van der Waals surface area contributed by atoms with Crippen molar-refractivity contribution in [3.05, 3.63) is 39.9 Å². The van der Waals surface area contributed by atoms with Crippen LogP contribution < -0.4 is 0 Å². The molecule has 0 saturated heterocycles. The minimum atomic E-state index is -0.490. The summed E-state index contributed by atoms with van der Waals surface area (Å²) in [6.07, 6.45) is 1.26. The molecular formula is C13H15NO4. The van der Waals surface area contributed by atoms with E-state index in [1.165, 1.54) is 12.1 Å². The third-order valence-corrected chi connectivity index (χ3v) is 2.47. The third kappa shape index (κ3) is 4.45. The van der Waals surface area contributed by atoms with Crippen LogP contribution in [-0.2, 0) is 16.0 Å². The number of nitro benzene ring substituents is 1. The highest BCUT2D eigenvalue weighted by Gasteiger charge is 2.10. The van der Waals surface area contributed by atoms with Crippen molar-refractivity contribution < 1.29 is 14.5 Å². The Hall–Kier alpha value is -2.04. The molecular weight excluding hydrogens is 234 g/mol. The van der Waals surface area contributed by atoms with Gasteiger partial charge in [0.05, 0.1) is 11.3 Å². The Morgan fingerprint density at radius 1 is 1.17 bits per heavy atom. The van der Waals surface area contributed by atoms with Gasteiger partial charge < -0.3 is 0 Å². The van der Waals surface area contributed by atoms with E-state index in [-0.39, 0.29) is 30.1 Å². The second kappa shape index (κ2) is 6.64. The lowest BCUT2D eigenvalue weighted by atomic mass is 10.0. The molecule has 0 unspecified atom stereocenters. The lowest BCUT2D eigenvalue weighted by Crippen LogP contribution is -2.09. The van der Waals surface area contributed by atoms with E-state index in [4.69, 9.17) is 0 Å². The third-order valence-electron chi connectivity index (χ3n) is 2.47. The number of benzene rings is 1. The van der Waals surface area contributed by atoms with Crippen molar-refractivity contribution in [2.75, 3.05) is 0 Å². The van der Waals surface area contributed by atoms with Crippen molar-refractivity contribution >= 4 is 17.3 Å². The van der Waals surface area contributed by atoms with E-state index in [1.54, 1.807) is 12.1 Å². The number of Topliss-reactive ketones (excluding diaryl/α,β-unsaturated/α-hetero) is 2. The zero-order valence-electron chi connectivity index (χ0n) is 10.2. The predicted molar refractivity (Wildman–Crippen MR) is 66.3 cm³/mol. The number of carbonyl (C=O) groups is 2. The molecule has 0 atom stereocenters. The van der Waals surface area contributed by atoms with Gasteiger partial charge in [-0.2, -0.15) is 0 Å². The molecule has 96 valence electrons. The van der Waals surface area contributed by atoms with E-state index in [0.29, 0.717) is 12.0 Å². The second-order valence-electron chi connectivity index (χ2n) is 4.10. The number of non-ortho nitro benzene ring substituents is 1. The van der Waals surface area contributed by atoms with Gasteiger partial charge in [-0.05, 0) is 12.0 Å². The number of nitro groups is 1. The highest BCUT2D eigenvalue weighted by atomic mass is 16.6. The van der Waals surface area contributed by atoms with Gasteiger partial charge in [0, 0.05) is 25.0 Å². The summed E-state index contributed by atoms with van der Waals surface area (Å²) in [4.78, 5) is 32.8. The summed E-state index contributed by atoms with van der Waals surface area (Å²) in [6.45, 7) is 1.89. The zero-order chi connectivity index (χ0) is 13.5. The molecule has 0 radical (unpaired) electrons. The molecule has 18 heavy (non-hydrogen) atoms. The number of hydrogen-bond acceptors (Lipinski definition) is 4. The molecule has 5 heteroatoms. The van der Waals surface area contributed by atoms with Crippen LogP contribution in [0, 0.1) is 10.1 Å². The minimum Gasteiger partial charge on any atom is -0.299 e. The summed E-state index contributed by atoms with van der Waals surface area (Å²) in [5.41, 5.74) is 0.683. The molecule has 0 bridgehead atoms. The first-order valence-electron chi connectivity index (χ1n) is 5.79. The minimum absolute atomic E-state index is 0.00624. The van der Waals surface area contributed by atoms with Crippen molar-refractivity contribution in [1.29, 1.82) is 0 Å². The Morgan fingerprint density at radius 3 is 2.28 bits per heavy atom. The van der Waals surface area contributed by atoms with Crippen LogP contribution in [0.3, 0.4) is 0 Å². The standard InChI is InChI=1S/C13H15NO4/c1-2-3-12(15)9-13(16)8-10-4-6-11(7-5-10)14(17)18/h4-7H,2-3,8-9H2,1H3. The van der Waals surface area contributed by atoms with Crippen LogP contribution in [0.15, 0.2) is 24.3 Å². The van der Waals surface area contributed by atoms with Gasteiger partial charge in [0.25, 0.3) is 5.69 Å². The molecule has 0 fully saturated rings. The predicted octanol–water partition coefficient (Wildman–Crippen LogP) is 2.47. The van der Waals surface area contributed by atoms with Crippen LogP contribution in [0.25, 0.3) is 0 Å². The molecule has 1 aromatic carbocycles. The zero-order valence-corrected chi connectivity index (χ0v) is 10.2. The summed E-state index contributed by atoms with van der Waals surface area (Å²) in [7, 11) is 0. The van der Waals surface area contributed by atoms with E-state index in [9.17, 15) is 19.7 Å². The maximum atomic E-state index is 11.6. The molecule has 0 aliphatic rings. The Bertz CT molecular complexity index is 451. The highest BCUT2D eigenvalue weighted by Crippen LogP contribution is 2.13. The molecule has 0 N–H and O–H groups in total. The van der Waals surface area contributed by atoms with Crippen molar-refractivity contribution in [3.8, 4) is 0 Å². The highest BCUT2D eigenvalue weighted by molar-refractivity contribution is 5.99. The fraction of sp³-hybridized carbons (Fsp3) is 0.385. The second-order valence-corrected chi connectivity index (χ2v) is 4.10. The number of nitrogens with zero attached hydrogens (tertiary/aromatic N) is 1. The molecule has 0 aliphatic carbocycles. The van der Waals surface area contributed by atoms with Gasteiger partial charge in [-0.3, -0.25) is 19.7 Å². The quantitative estimate of drug-likeness (QED) is 0.422. The maximum Gasteiger partial charge on any atom is 0.269 e. The van der Waals surface area contributed by atoms with E-state index in [1.807, 2.05) is 6.92 Å². The van der Waals surface area contributed by atoms with Gasteiger partial charge in [-0.25, -0.2) is 0 Å². The molecule has 1 aromatic rings. The Balaban J connectivity index is 2.54. The lowest BCUT2D eigenvalue weighted by Gasteiger charge is -2.00. The van der Waals surface area contributed by atoms with Crippen LogP contribution in [0.1, 0.15) is 31.7 Å². The summed E-state index contributed by atoms with van der Waals surface area (Å²) in [5.74, 6) is -0.202. The van der Waals surface area contributed by atoms with Crippen molar-refractivity contribution in [2.24, 2.45) is 0 Å². The van der Waals surface area contributed by atoms with Crippen LogP contribution in [0.2, 0.25) is 0 Å². The molecule has 0 heterocycles. The summed E-state index contributed by atoms with van der Waals surface area (Å²) in [6, 6.07) is 5.80. The molecule has 0 aliphatic heterocycles. The number of carbonyl (C=O) groups excluding carboxylic acids is 2. The van der Waals surface area contributed by atoms with Crippen LogP contribution in [0.5, 0.6) is 0 Å². The molecule has 0 spiro atoms. The molecule has 0 saturated carbocycles. The molecule has 0 amide bonds. The molecule has 5 nitrogen and oxygen atoms in total. The van der Waals surface area contributed by atoms with E-state index in [0.717, 1.165) is 6.42 Å². The fourth-order valence-corrected chi connectivity index (χ4v) is 1.61. The normalized spacial score (nSPS) is 10.1.